The number of benzene rings is 5. The van der Waals surface area contributed by atoms with Crippen LogP contribution in [0.3, 0.4) is 0 Å². The molecule has 0 spiro atoms. The van der Waals surface area contributed by atoms with Gasteiger partial charge in [-0.25, -0.2) is 4.98 Å². The fraction of sp³-hybridized carbons (Fsp3) is 0. The van der Waals surface area contributed by atoms with Gasteiger partial charge in [-0.2, -0.15) is 5.26 Å². The van der Waals surface area contributed by atoms with Crippen molar-refractivity contribution in [1.29, 1.82) is 5.26 Å². The van der Waals surface area contributed by atoms with Gasteiger partial charge in [0.1, 0.15) is 22.9 Å². The summed E-state index contributed by atoms with van der Waals surface area (Å²) in [6.07, 6.45) is 1.66. The molecule has 0 N–H and O–H groups in total. The molecule has 0 aliphatic heterocycles. The maximum Gasteiger partial charge on any atom is 0.148 e. The minimum Gasteiger partial charge on any atom is -0.456 e. The molecule has 5 aromatic carbocycles. The van der Waals surface area contributed by atoms with Crippen LogP contribution in [0.5, 0.6) is 0 Å². The maximum absolute atomic E-state index is 9.64. The maximum atomic E-state index is 9.64. The predicted molar refractivity (Wildman–Crippen MR) is 161 cm³/mol. The van der Waals surface area contributed by atoms with E-state index in [1.807, 2.05) is 36.4 Å². The summed E-state index contributed by atoms with van der Waals surface area (Å²) < 4.78 is 8.61. The Morgan fingerprint density at radius 2 is 1.32 bits per heavy atom. The van der Waals surface area contributed by atoms with Gasteiger partial charge in [-0.05, 0) is 59.7 Å². The standard InChI is InChI=1S/C36H21N3O/c37-22-31-25(14-8-18-38-31)23-9-7-10-24(19-23)26-11-1-4-15-32(26)39-33-16-5-2-12-27(33)29-21-36-30(20-34(29)39)28-13-3-6-17-35(28)40-36/h1-21H. The molecule has 4 nitrogen and oxygen atoms in total. The number of hydrogen-bond donors (Lipinski definition) is 0. The molecule has 0 aliphatic carbocycles. The van der Waals surface area contributed by atoms with Gasteiger partial charge in [0.05, 0.1) is 16.7 Å². The van der Waals surface area contributed by atoms with E-state index in [-0.39, 0.29) is 0 Å². The molecular weight excluding hydrogens is 490 g/mol. The van der Waals surface area contributed by atoms with E-state index >= 15 is 0 Å². The van der Waals surface area contributed by atoms with E-state index < -0.39 is 0 Å². The summed E-state index contributed by atoms with van der Waals surface area (Å²) in [5.41, 5.74) is 9.53. The lowest BCUT2D eigenvalue weighted by Crippen LogP contribution is -1.97. The highest BCUT2D eigenvalue weighted by molar-refractivity contribution is 6.17. The van der Waals surface area contributed by atoms with Crippen LogP contribution in [0.2, 0.25) is 0 Å². The molecule has 0 fully saturated rings. The Hall–Kier alpha value is -5.66. The van der Waals surface area contributed by atoms with Crippen molar-refractivity contribution >= 4 is 43.7 Å². The minimum absolute atomic E-state index is 0.423. The van der Waals surface area contributed by atoms with Crippen LogP contribution in [0.1, 0.15) is 5.69 Å². The van der Waals surface area contributed by atoms with E-state index in [1.165, 1.54) is 5.39 Å². The summed E-state index contributed by atoms with van der Waals surface area (Å²) in [5.74, 6) is 0. The largest absolute Gasteiger partial charge is 0.456 e. The first kappa shape index (κ1) is 22.3. The van der Waals surface area contributed by atoms with Gasteiger partial charge >= 0.3 is 0 Å². The van der Waals surface area contributed by atoms with Crippen molar-refractivity contribution in [3.05, 3.63) is 133 Å². The molecule has 4 heteroatoms. The molecule has 0 saturated carbocycles. The van der Waals surface area contributed by atoms with Crippen LogP contribution in [-0.2, 0) is 0 Å². The van der Waals surface area contributed by atoms with Gasteiger partial charge in [0.2, 0.25) is 0 Å². The average molecular weight is 512 g/mol. The summed E-state index contributed by atoms with van der Waals surface area (Å²) >= 11 is 0. The number of aromatic nitrogens is 2. The second-order valence-electron chi connectivity index (χ2n) is 9.93. The summed E-state index contributed by atoms with van der Waals surface area (Å²) in [6, 6.07) is 44.1. The van der Waals surface area contributed by atoms with Crippen LogP contribution in [-0.4, -0.2) is 9.55 Å². The summed E-state index contributed by atoms with van der Waals surface area (Å²) in [6.45, 7) is 0. The lowest BCUT2D eigenvalue weighted by atomic mass is 9.97. The van der Waals surface area contributed by atoms with Crippen molar-refractivity contribution in [3.63, 3.8) is 0 Å². The van der Waals surface area contributed by atoms with E-state index in [0.717, 1.165) is 66.3 Å². The van der Waals surface area contributed by atoms with Gasteiger partial charge in [-0.3, -0.25) is 0 Å². The Kier molecular flexibility index (Phi) is 4.85. The second-order valence-corrected chi connectivity index (χ2v) is 9.93. The van der Waals surface area contributed by atoms with Crippen molar-refractivity contribution in [1.82, 2.24) is 9.55 Å². The van der Waals surface area contributed by atoms with Crippen molar-refractivity contribution in [2.24, 2.45) is 0 Å². The van der Waals surface area contributed by atoms with Crippen LogP contribution in [0, 0.1) is 11.3 Å². The van der Waals surface area contributed by atoms with Crippen molar-refractivity contribution in [2.75, 3.05) is 0 Å². The molecule has 0 amide bonds. The van der Waals surface area contributed by atoms with Crippen LogP contribution in [0.15, 0.2) is 132 Å². The average Bonchev–Trinajstić information content (AvgIpc) is 3.55. The van der Waals surface area contributed by atoms with Crippen molar-refractivity contribution < 1.29 is 4.42 Å². The summed E-state index contributed by atoms with van der Waals surface area (Å²) in [4.78, 5) is 4.27. The molecule has 0 atom stereocenters. The first-order valence-corrected chi connectivity index (χ1v) is 13.2. The molecule has 8 rings (SSSR count). The zero-order valence-electron chi connectivity index (χ0n) is 21.4. The SMILES string of the molecule is N#Cc1ncccc1-c1cccc(-c2ccccc2-n2c3ccccc3c3cc4oc5ccccc5c4cc32)c1. The molecule has 40 heavy (non-hydrogen) atoms. The molecular formula is C36H21N3O. The number of hydrogen-bond acceptors (Lipinski definition) is 3. The first-order chi connectivity index (χ1) is 19.8. The number of nitrogens with zero attached hydrogens (tertiary/aromatic N) is 3. The second kappa shape index (κ2) is 8.69. The van der Waals surface area contributed by atoms with Gasteiger partial charge in [-0.1, -0.05) is 72.8 Å². The third-order valence-electron chi connectivity index (χ3n) is 7.71. The molecule has 186 valence electrons. The third-order valence-corrected chi connectivity index (χ3v) is 7.71. The van der Waals surface area contributed by atoms with Gasteiger partial charge in [0, 0.05) is 38.9 Å². The Bertz CT molecular complexity index is 2300. The Balaban J connectivity index is 1.42. The molecule has 0 unspecified atom stereocenters. The highest BCUT2D eigenvalue weighted by Crippen LogP contribution is 2.40. The molecule has 3 aromatic heterocycles. The fourth-order valence-corrected chi connectivity index (χ4v) is 5.94. The minimum atomic E-state index is 0.423. The Labute approximate surface area is 230 Å². The monoisotopic (exact) mass is 511 g/mol. The molecule has 0 saturated heterocycles. The lowest BCUT2D eigenvalue weighted by Gasteiger charge is -2.15. The molecule has 0 aliphatic rings. The smallest absolute Gasteiger partial charge is 0.148 e. The quantitative estimate of drug-likeness (QED) is 0.237. The lowest BCUT2D eigenvalue weighted by molar-refractivity contribution is 0.669. The Morgan fingerprint density at radius 3 is 2.23 bits per heavy atom. The third kappa shape index (κ3) is 3.28. The predicted octanol–water partition coefficient (Wildman–Crippen LogP) is 9.28. The molecule has 0 bridgehead atoms. The van der Waals surface area contributed by atoms with E-state index in [4.69, 9.17) is 4.42 Å². The number of rotatable bonds is 3. The van der Waals surface area contributed by atoms with Crippen LogP contribution in [0.4, 0.5) is 0 Å². The number of fused-ring (bicyclic) bond motifs is 6. The Morgan fingerprint density at radius 1 is 0.575 bits per heavy atom. The molecule has 8 aromatic rings. The van der Waals surface area contributed by atoms with Gasteiger partial charge in [0.25, 0.3) is 0 Å². The summed E-state index contributed by atoms with van der Waals surface area (Å²) in [5, 5.41) is 14.2. The first-order valence-electron chi connectivity index (χ1n) is 13.2. The number of pyridine rings is 1. The van der Waals surface area contributed by atoms with E-state index in [2.05, 4.69) is 101 Å². The van der Waals surface area contributed by atoms with Gasteiger partial charge in [0.15, 0.2) is 0 Å². The fourth-order valence-electron chi connectivity index (χ4n) is 5.94. The van der Waals surface area contributed by atoms with Crippen LogP contribution in [0.25, 0.3) is 71.7 Å². The van der Waals surface area contributed by atoms with E-state index in [1.54, 1.807) is 6.20 Å². The topological polar surface area (TPSA) is 54.8 Å². The summed E-state index contributed by atoms with van der Waals surface area (Å²) in [7, 11) is 0. The number of para-hydroxylation sites is 3. The van der Waals surface area contributed by atoms with Crippen molar-refractivity contribution in [3.8, 4) is 34.0 Å². The number of nitriles is 1. The van der Waals surface area contributed by atoms with Gasteiger partial charge < -0.3 is 8.98 Å². The van der Waals surface area contributed by atoms with Crippen LogP contribution < -0.4 is 0 Å². The normalized spacial score (nSPS) is 11.5. The van der Waals surface area contributed by atoms with Crippen molar-refractivity contribution in [2.45, 2.75) is 0 Å². The molecule has 0 radical (unpaired) electrons. The van der Waals surface area contributed by atoms with E-state index in [0.29, 0.717) is 5.69 Å². The van der Waals surface area contributed by atoms with Gasteiger partial charge in [-0.15, -0.1) is 0 Å². The van der Waals surface area contributed by atoms with E-state index in [9.17, 15) is 5.26 Å². The highest BCUT2D eigenvalue weighted by Gasteiger charge is 2.18. The molecule has 3 heterocycles. The number of furan rings is 1. The zero-order valence-corrected chi connectivity index (χ0v) is 21.4. The zero-order chi connectivity index (χ0) is 26.6. The van der Waals surface area contributed by atoms with Crippen LogP contribution >= 0.6 is 0 Å². The highest BCUT2D eigenvalue weighted by atomic mass is 16.3.